The molecule has 0 amide bonds. The number of rotatable bonds is 10. The quantitative estimate of drug-likeness (QED) is 0.441. The number of hydrogen-bond donors (Lipinski definition) is 1. The van der Waals surface area contributed by atoms with Crippen molar-refractivity contribution in [2.75, 3.05) is 0 Å². The van der Waals surface area contributed by atoms with E-state index in [9.17, 15) is 0 Å². The van der Waals surface area contributed by atoms with Gasteiger partial charge in [0.15, 0.2) is 0 Å². The fourth-order valence-electron chi connectivity index (χ4n) is 2.30. The maximum absolute atomic E-state index is 8.87. The molecule has 2 aromatic carbocycles. The van der Waals surface area contributed by atoms with Crippen LogP contribution in [0.15, 0.2) is 47.6 Å². The Morgan fingerprint density at radius 3 is 2.14 bits per heavy atom. The van der Waals surface area contributed by atoms with E-state index >= 15 is 0 Å². The fourth-order valence-corrected chi connectivity index (χ4v) is 2.30. The third-order valence-corrected chi connectivity index (χ3v) is 3.53. The number of benzene rings is 2. The Morgan fingerprint density at radius 2 is 1.61 bits per heavy atom. The first-order valence-corrected chi connectivity index (χ1v) is 9.02. The van der Waals surface area contributed by atoms with Gasteiger partial charge in [-0.3, -0.25) is 0 Å². The van der Waals surface area contributed by atoms with Crippen molar-refractivity contribution in [3.63, 3.8) is 0 Å². The van der Waals surface area contributed by atoms with E-state index in [2.05, 4.69) is 11.2 Å². The molecule has 0 aliphatic rings. The fraction of sp³-hybridized carbons (Fsp3) is 0.350. The van der Waals surface area contributed by atoms with Crippen LogP contribution in [-0.2, 0) is 20.6 Å². The van der Waals surface area contributed by atoms with Gasteiger partial charge in [0.05, 0.1) is 23.9 Å². The van der Waals surface area contributed by atoms with Crippen molar-refractivity contribution in [2.45, 2.75) is 46.5 Å². The third-order valence-electron chi connectivity index (χ3n) is 3.53. The Balaban J connectivity index is 2.12. The molecule has 0 spiro atoms. The normalized spacial score (nSPS) is 10.8. The van der Waals surface area contributed by atoms with Crippen molar-refractivity contribution in [1.82, 2.24) is 0 Å². The van der Waals surface area contributed by atoms with Crippen LogP contribution in [0.3, 0.4) is 0 Å². The summed E-state index contributed by atoms with van der Waals surface area (Å²) in [6.45, 7) is 7.74. The number of hydrogen-bond acceptors (Lipinski definition) is 7. The van der Waals surface area contributed by atoms with Crippen LogP contribution in [-0.4, -0.2) is 19.5 Å². The van der Waals surface area contributed by atoms with E-state index < -0.39 is 7.32 Å². The van der Waals surface area contributed by atoms with E-state index in [1.165, 1.54) is 0 Å². The highest BCUT2D eigenvalue weighted by molar-refractivity contribution is 6.36. The molecule has 0 aromatic heterocycles. The first-order valence-electron chi connectivity index (χ1n) is 9.02. The summed E-state index contributed by atoms with van der Waals surface area (Å²) in [5.74, 6) is 1.17. The van der Waals surface area contributed by atoms with Crippen LogP contribution in [0.25, 0.3) is 0 Å². The Hall–Kier alpha value is -2.73. The van der Waals surface area contributed by atoms with Gasteiger partial charge in [0.25, 0.3) is 0 Å². The Bertz CT molecular complexity index is 809. The van der Waals surface area contributed by atoms with E-state index in [4.69, 9.17) is 29.5 Å². The van der Waals surface area contributed by atoms with Gasteiger partial charge in [-0.05, 0) is 70.2 Å². The topological polar surface area (TPSA) is 96.9 Å². The van der Waals surface area contributed by atoms with Crippen molar-refractivity contribution in [2.24, 2.45) is 5.11 Å². The molecule has 0 heterocycles. The molecule has 2 aromatic rings. The molecule has 0 saturated carbocycles. The molecule has 0 bridgehead atoms. The predicted octanol–water partition coefficient (Wildman–Crippen LogP) is 5.36. The van der Waals surface area contributed by atoms with Crippen LogP contribution in [0.2, 0.25) is 0 Å². The lowest BCUT2D eigenvalue weighted by atomic mass is 10.1. The minimum atomic E-state index is -0.818. The van der Waals surface area contributed by atoms with Crippen LogP contribution in [0.4, 0.5) is 5.69 Å². The molecule has 0 radical (unpaired) electrons. The van der Waals surface area contributed by atoms with E-state index in [-0.39, 0.29) is 18.8 Å². The zero-order valence-corrected chi connectivity index (χ0v) is 16.5. The van der Waals surface area contributed by atoms with Crippen LogP contribution in [0.1, 0.15) is 38.8 Å². The molecule has 7 nitrogen and oxygen atoms in total. The first kappa shape index (κ1) is 21.6. The molecule has 0 aliphatic heterocycles. The monoisotopic (exact) mass is 381 g/mol. The van der Waals surface area contributed by atoms with Crippen LogP contribution in [0.5, 0.6) is 11.5 Å². The van der Waals surface area contributed by atoms with Crippen molar-refractivity contribution in [1.29, 1.82) is 10.8 Å². The summed E-state index contributed by atoms with van der Waals surface area (Å²) < 4.78 is 22.8. The van der Waals surface area contributed by atoms with Gasteiger partial charge < -0.3 is 18.7 Å². The van der Waals surface area contributed by atoms with Gasteiger partial charge in [0.1, 0.15) is 11.5 Å². The van der Waals surface area contributed by atoms with Gasteiger partial charge in [-0.2, -0.15) is 10.4 Å². The summed E-state index contributed by atoms with van der Waals surface area (Å²) in [6, 6.07) is 14.0. The summed E-state index contributed by atoms with van der Waals surface area (Å²) in [5, 5.41) is 12.4. The summed E-state index contributed by atoms with van der Waals surface area (Å²) in [6.07, 6.45) is -0.120. The third kappa shape index (κ3) is 6.78. The average molecular weight is 381 g/mol. The van der Waals surface area contributed by atoms with Crippen molar-refractivity contribution >= 4 is 13.0 Å². The molecule has 8 heteroatoms. The molecule has 0 saturated heterocycles. The van der Waals surface area contributed by atoms with Crippen LogP contribution < -0.4 is 4.74 Å². The molecule has 2 rings (SSSR count). The summed E-state index contributed by atoms with van der Waals surface area (Å²) in [4.78, 5) is 0. The average Bonchev–Trinajstić information content (AvgIpc) is 2.66. The smallest absolute Gasteiger partial charge is 0.457 e. The molecule has 1 N–H and O–H groups in total. The van der Waals surface area contributed by atoms with Crippen molar-refractivity contribution in [3.05, 3.63) is 53.6 Å². The maximum Gasteiger partial charge on any atom is 0.640 e. The van der Waals surface area contributed by atoms with Gasteiger partial charge in [-0.1, -0.05) is 0 Å². The largest absolute Gasteiger partial charge is 0.640 e. The number of nitriles is 1. The van der Waals surface area contributed by atoms with Gasteiger partial charge in [-0.15, -0.1) is 0 Å². The second-order valence-corrected chi connectivity index (χ2v) is 6.61. The van der Waals surface area contributed by atoms with Crippen molar-refractivity contribution in [3.8, 4) is 17.6 Å². The summed E-state index contributed by atoms with van der Waals surface area (Å²) >= 11 is 0. The van der Waals surface area contributed by atoms with Gasteiger partial charge in [0, 0.05) is 17.8 Å². The zero-order chi connectivity index (χ0) is 20.5. The van der Waals surface area contributed by atoms with E-state index in [1.807, 2.05) is 27.7 Å². The lowest BCUT2D eigenvalue weighted by Gasteiger charge is -2.19. The summed E-state index contributed by atoms with van der Waals surface area (Å²) in [7, 11) is -0.818. The van der Waals surface area contributed by atoms with Crippen molar-refractivity contribution < 1.29 is 18.7 Å². The first-order chi connectivity index (χ1) is 13.4. The minimum absolute atomic E-state index is 0.0601. The Labute approximate surface area is 165 Å². The second-order valence-electron chi connectivity index (χ2n) is 6.61. The molecule has 0 aliphatic carbocycles. The highest BCUT2D eigenvalue weighted by atomic mass is 16.7. The molecular formula is C20H24BN3O4. The number of ether oxygens (including phenoxy) is 1. The van der Waals surface area contributed by atoms with Crippen LogP contribution in [0, 0.1) is 16.9 Å². The molecule has 0 fully saturated rings. The predicted molar refractivity (Wildman–Crippen MR) is 105 cm³/mol. The Morgan fingerprint density at radius 1 is 1.00 bits per heavy atom. The highest BCUT2D eigenvalue weighted by Gasteiger charge is 2.25. The standard InChI is InChI=1S/C20H24BN3O4/c1-14(2)27-21(28-15(3)4)25-13-17-11-19(9-10-20(17)24-23)26-18-7-5-16(12-22)6-8-18/h5-11,14-15,23H,13H2,1-4H3. The Kier molecular flexibility index (Phi) is 8.14. The van der Waals surface area contributed by atoms with Gasteiger partial charge in [-0.25, -0.2) is 5.53 Å². The van der Waals surface area contributed by atoms with Crippen LogP contribution >= 0.6 is 0 Å². The molecule has 146 valence electrons. The SMILES string of the molecule is CC(C)OB(OCc1cc(Oc2ccc(C#N)cc2)ccc1N=N)OC(C)C. The lowest BCUT2D eigenvalue weighted by molar-refractivity contribution is 0.0461. The molecule has 0 unspecified atom stereocenters. The second kappa shape index (κ2) is 10.6. The highest BCUT2D eigenvalue weighted by Crippen LogP contribution is 2.29. The number of nitrogens with zero attached hydrogens (tertiary/aromatic N) is 2. The lowest BCUT2D eigenvalue weighted by Crippen LogP contribution is -2.32. The maximum atomic E-state index is 8.87. The van der Waals surface area contributed by atoms with E-state index in [1.54, 1.807) is 42.5 Å². The van der Waals surface area contributed by atoms with E-state index in [0.29, 0.717) is 28.3 Å². The molecular weight excluding hydrogens is 357 g/mol. The van der Waals surface area contributed by atoms with Gasteiger partial charge >= 0.3 is 7.32 Å². The molecule has 28 heavy (non-hydrogen) atoms. The molecule has 0 atom stereocenters. The zero-order valence-electron chi connectivity index (χ0n) is 16.5. The van der Waals surface area contributed by atoms with E-state index in [0.717, 1.165) is 0 Å². The summed E-state index contributed by atoms with van der Waals surface area (Å²) in [5.41, 5.74) is 9.07. The number of nitrogens with one attached hydrogen (secondary N) is 1. The minimum Gasteiger partial charge on any atom is -0.457 e. The van der Waals surface area contributed by atoms with Gasteiger partial charge in [0.2, 0.25) is 0 Å².